The molecular formula is C23H31FN2O3. The number of methoxy groups -OCH3 is 1. The van der Waals surface area contributed by atoms with Crippen molar-refractivity contribution in [3.63, 3.8) is 0 Å². The normalized spacial score (nSPS) is 13.0. The van der Waals surface area contributed by atoms with Crippen LogP contribution >= 0.6 is 0 Å². The van der Waals surface area contributed by atoms with E-state index in [0.29, 0.717) is 29.3 Å². The molecule has 6 heteroatoms. The summed E-state index contributed by atoms with van der Waals surface area (Å²) in [7, 11) is 1.51. The van der Waals surface area contributed by atoms with E-state index in [1.165, 1.54) is 7.11 Å². The van der Waals surface area contributed by atoms with Crippen molar-refractivity contribution in [2.45, 2.75) is 45.3 Å². The Morgan fingerprint density at radius 3 is 2.48 bits per heavy atom. The molecule has 2 atom stereocenters. The Morgan fingerprint density at radius 1 is 1.14 bits per heavy atom. The van der Waals surface area contributed by atoms with Gasteiger partial charge in [0.2, 0.25) is 0 Å². The van der Waals surface area contributed by atoms with Gasteiger partial charge in [0, 0.05) is 11.3 Å². The van der Waals surface area contributed by atoms with Crippen LogP contribution in [0.1, 0.15) is 56.5 Å². The summed E-state index contributed by atoms with van der Waals surface area (Å²) >= 11 is 0. The third kappa shape index (κ3) is 7.06. The minimum Gasteiger partial charge on any atom is -0.496 e. The van der Waals surface area contributed by atoms with Gasteiger partial charge in [0.25, 0.3) is 0 Å². The fraction of sp³-hybridized carbons (Fsp3) is 0.435. The van der Waals surface area contributed by atoms with E-state index in [1.54, 1.807) is 18.2 Å². The molecule has 1 unspecified atom stereocenters. The van der Waals surface area contributed by atoms with Gasteiger partial charge in [-0.25, -0.2) is 9.18 Å². The SMILES string of the molecule is COc1ccc(NC(=O)N[C@@H](CO)c2ccccc2)cc1C(F)CCCC(C)C. The zero-order valence-corrected chi connectivity index (χ0v) is 17.3. The predicted molar refractivity (Wildman–Crippen MR) is 114 cm³/mol. The molecule has 2 aromatic carbocycles. The molecular weight excluding hydrogens is 371 g/mol. The van der Waals surface area contributed by atoms with Crippen LogP contribution < -0.4 is 15.4 Å². The lowest BCUT2D eigenvalue weighted by Gasteiger charge is -2.18. The third-order valence-electron chi connectivity index (χ3n) is 4.75. The first kappa shape index (κ1) is 22.7. The van der Waals surface area contributed by atoms with Crippen LogP contribution in [0.15, 0.2) is 48.5 Å². The van der Waals surface area contributed by atoms with E-state index >= 15 is 0 Å². The number of ether oxygens (including phenoxy) is 1. The van der Waals surface area contributed by atoms with Crippen molar-refractivity contribution in [2.24, 2.45) is 5.92 Å². The Labute approximate surface area is 172 Å². The Balaban J connectivity index is 2.05. The lowest BCUT2D eigenvalue weighted by Crippen LogP contribution is -2.34. The van der Waals surface area contributed by atoms with Crippen LogP contribution in [0.5, 0.6) is 5.75 Å². The van der Waals surface area contributed by atoms with Crippen molar-refractivity contribution >= 4 is 11.7 Å². The van der Waals surface area contributed by atoms with Gasteiger partial charge in [-0.05, 0) is 42.5 Å². The van der Waals surface area contributed by atoms with Gasteiger partial charge in [0.15, 0.2) is 0 Å². The molecule has 0 radical (unpaired) electrons. The molecule has 0 bridgehead atoms. The number of anilines is 1. The molecule has 0 aliphatic rings. The number of halogens is 1. The number of hydrogen-bond donors (Lipinski definition) is 3. The minimum absolute atomic E-state index is 0.228. The molecule has 0 saturated carbocycles. The summed E-state index contributed by atoms with van der Waals surface area (Å²) in [6.07, 6.45) is 0.994. The maximum absolute atomic E-state index is 14.8. The quantitative estimate of drug-likeness (QED) is 0.499. The van der Waals surface area contributed by atoms with E-state index < -0.39 is 18.2 Å². The Kier molecular flexibility index (Phi) is 8.93. The van der Waals surface area contributed by atoms with Crippen LogP contribution in [0, 0.1) is 5.92 Å². The summed E-state index contributed by atoms with van der Waals surface area (Å²) in [5, 5.41) is 15.0. The van der Waals surface area contributed by atoms with Gasteiger partial charge in [0.05, 0.1) is 19.8 Å². The number of alkyl halides is 1. The van der Waals surface area contributed by atoms with Crippen molar-refractivity contribution in [1.82, 2.24) is 5.32 Å². The highest BCUT2D eigenvalue weighted by Crippen LogP contribution is 2.34. The molecule has 5 nitrogen and oxygen atoms in total. The molecule has 0 spiro atoms. The molecule has 0 fully saturated rings. The molecule has 2 amide bonds. The van der Waals surface area contributed by atoms with Gasteiger partial charge in [0.1, 0.15) is 11.9 Å². The largest absolute Gasteiger partial charge is 0.496 e. The molecule has 0 aromatic heterocycles. The van der Waals surface area contributed by atoms with E-state index in [9.17, 15) is 14.3 Å². The van der Waals surface area contributed by atoms with Crippen molar-refractivity contribution in [2.75, 3.05) is 19.0 Å². The smallest absolute Gasteiger partial charge is 0.319 e. The number of amides is 2. The second-order valence-electron chi connectivity index (χ2n) is 7.49. The average Bonchev–Trinajstić information content (AvgIpc) is 2.72. The van der Waals surface area contributed by atoms with E-state index in [1.807, 2.05) is 30.3 Å². The van der Waals surface area contributed by atoms with Gasteiger partial charge >= 0.3 is 6.03 Å². The standard InChI is InChI=1S/C23H31FN2O3/c1-16(2)8-7-11-20(24)19-14-18(12-13-22(19)29-3)25-23(28)26-21(15-27)17-9-5-4-6-10-17/h4-6,9-10,12-14,16,20-21,27H,7-8,11,15H2,1-3H3,(H2,25,26,28)/t20?,21-/m0/s1. The molecule has 0 heterocycles. The van der Waals surface area contributed by atoms with Gasteiger partial charge in [-0.1, -0.05) is 50.6 Å². The van der Waals surface area contributed by atoms with E-state index in [4.69, 9.17) is 4.74 Å². The van der Waals surface area contributed by atoms with Crippen molar-refractivity contribution in [3.8, 4) is 5.75 Å². The minimum atomic E-state index is -1.16. The van der Waals surface area contributed by atoms with E-state index in [2.05, 4.69) is 24.5 Å². The van der Waals surface area contributed by atoms with Crippen LogP contribution in [0.2, 0.25) is 0 Å². The maximum Gasteiger partial charge on any atom is 0.319 e. The lowest BCUT2D eigenvalue weighted by molar-refractivity contribution is 0.225. The number of benzene rings is 2. The highest BCUT2D eigenvalue weighted by molar-refractivity contribution is 5.89. The first-order chi connectivity index (χ1) is 13.9. The molecule has 29 heavy (non-hydrogen) atoms. The molecule has 2 rings (SSSR count). The van der Waals surface area contributed by atoms with Crippen molar-refractivity contribution < 1.29 is 19.0 Å². The summed E-state index contributed by atoms with van der Waals surface area (Å²) in [6.45, 7) is 4.01. The fourth-order valence-electron chi connectivity index (χ4n) is 3.16. The van der Waals surface area contributed by atoms with Crippen LogP contribution in [0.25, 0.3) is 0 Å². The van der Waals surface area contributed by atoms with Crippen LogP contribution in [-0.4, -0.2) is 24.9 Å². The lowest BCUT2D eigenvalue weighted by atomic mass is 10.00. The molecule has 0 aliphatic carbocycles. The Hall–Kier alpha value is -2.60. The number of carbonyl (C=O) groups is 1. The monoisotopic (exact) mass is 402 g/mol. The number of urea groups is 1. The van der Waals surface area contributed by atoms with E-state index in [0.717, 1.165) is 18.4 Å². The zero-order chi connectivity index (χ0) is 21.2. The zero-order valence-electron chi connectivity index (χ0n) is 17.3. The first-order valence-corrected chi connectivity index (χ1v) is 10.00. The Morgan fingerprint density at radius 2 is 1.86 bits per heavy atom. The van der Waals surface area contributed by atoms with Gasteiger partial charge in [-0.3, -0.25) is 0 Å². The first-order valence-electron chi connectivity index (χ1n) is 10.00. The number of aliphatic hydroxyl groups excluding tert-OH is 1. The number of hydrogen-bond acceptors (Lipinski definition) is 3. The summed E-state index contributed by atoms with van der Waals surface area (Å²) in [5.41, 5.74) is 1.69. The summed E-state index contributed by atoms with van der Waals surface area (Å²) in [5.74, 6) is 0.996. The highest BCUT2D eigenvalue weighted by atomic mass is 19.1. The molecule has 158 valence electrons. The average molecular weight is 403 g/mol. The number of rotatable bonds is 10. The predicted octanol–water partition coefficient (Wildman–Crippen LogP) is 5.39. The highest BCUT2D eigenvalue weighted by Gasteiger charge is 2.18. The third-order valence-corrected chi connectivity index (χ3v) is 4.75. The van der Waals surface area contributed by atoms with Gasteiger partial charge < -0.3 is 20.5 Å². The van der Waals surface area contributed by atoms with Crippen LogP contribution in [0.3, 0.4) is 0 Å². The van der Waals surface area contributed by atoms with Crippen LogP contribution in [-0.2, 0) is 0 Å². The fourth-order valence-corrected chi connectivity index (χ4v) is 3.16. The molecule has 0 saturated heterocycles. The van der Waals surface area contributed by atoms with Gasteiger partial charge in [-0.2, -0.15) is 0 Å². The van der Waals surface area contributed by atoms with Crippen molar-refractivity contribution in [1.29, 1.82) is 0 Å². The number of carbonyl (C=O) groups excluding carboxylic acids is 1. The van der Waals surface area contributed by atoms with Crippen molar-refractivity contribution in [3.05, 3.63) is 59.7 Å². The second kappa shape index (κ2) is 11.4. The van der Waals surface area contributed by atoms with Crippen LogP contribution in [0.4, 0.5) is 14.9 Å². The molecule has 2 aromatic rings. The molecule has 3 N–H and O–H groups in total. The maximum atomic E-state index is 14.8. The van der Waals surface area contributed by atoms with E-state index in [-0.39, 0.29) is 6.61 Å². The number of aliphatic hydroxyl groups is 1. The number of nitrogens with one attached hydrogen (secondary N) is 2. The second-order valence-corrected chi connectivity index (χ2v) is 7.49. The summed E-state index contributed by atoms with van der Waals surface area (Å²) in [6, 6.07) is 13.1. The summed E-state index contributed by atoms with van der Waals surface area (Å²) in [4.78, 5) is 12.4. The van der Waals surface area contributed by atoms with Gasteiger partial charge in [-0.15, -0.1) is 0 Å². The topological polar surface area (TPSA) is 70.6 Å². The Bertz CT molecular complexity index is 768. The summed E-state index contributed by atoms with van der Waals surface area (Å²) < 4.78 is 20.1. The molecule has 0 aliphatic heterocycles.